The van der Waals surface area contributed by atoms with Crippen molar-refractivity contribution in [1.82, 2.24) is 5.32 Å². The van der Waals surface area contributed by atoms with Crippen LogP contribution in [0.5, 0.6) is 5.75 Å². The summed E-state index contributed by atoms with van der Waals surface area (Å²) < 4.78 is 10.7. The predicted molar refractivity (Wildman–Crippen MR) is 64.8 cm³/mol. The SMILES string of the molecule is c1ccc2c(c1)OCCC2NCc1ccoc1. The van der Waals surface area contributed by atoms with Crippen molar-refractivity contribution in [2.75, 3.05) is 6.61 Å². The third-order valence-corrected chi connectivity index (χ3v) is 3.09. The van der Waals surface area contributed by atoms with E-state index in [9.17, 15) is 0 Å². The Balaban J connectivity index is 1.72. The summed E-state index contributed by atoms with van der Waals surface area (Å²) in [5, 5.41) is 3.54. The van der Waals surface area contributed by atoms with Gasteiger partial charge in [0, 0.05) is 30.1 Å². The van der Waals surface area contributed by atoms with Crippen LogP contribution < -0.4 is 10.1 Å². The average molecular weight is 229 g/mol. The van der Waals surface area contributed by atoms with Crippen molar-refractivity contribution in [3.05, 3.63) is 54.0 Å². The molecular formula is C14H15NO2. The average Bonchev–Trinajstić information content (AvgIpc) is 2.89. The van der Waals surface area contributed by atoms with Crippen LogP contribution in [0.2, 0.25) is 0 Å². The number of hydrogen-bond acceptors (Lipinski definition) is 3. The minimum Gasteiger partial charge on any atom is -0.493 e. The number of rotatable bonds is 3. The molecule has 1 N–H and O–H groups in total. The smallest absolute Gasteiger partial charge is 0.124 e. The summed E-state index contributed by atoms with van der Waals surface area (Å²) in [7, 11) is 0. The molecule has 17 heavy (non-hydrogen) atoms. The maximum atomic E-state index is 5.63. The van der Waals surface area contributed by atoms with Crippen molar-refractivity contribution in [3.8, 4) is 5.75 Å². The van der Waals surface area contributed by atoms with Crippen LogP contribution in [0.3, 0.4) is 0 Å². The summed E-state index contributed by atoms with van der Waals surface area (Å²) in [5.74, 6) is 1.00. The maximum absolute atomic E-state index is 5.63. The van der Waals surface area contributed by atoms with Gasteiger partial charge in [0.05, 0.1) is 19.1 Å². The van der Waals surface area contributed by atoms with Gasteiger partial charge in [0.15, 0.2) is 0 Å². The van der Waals surface area contributed by atoms with Crippen molar-refractivity contribution in [2.24, 2.45) is 0 Å². The van der Waals surface area contributed by atoms with Crippen LogP contribution in [0.15, 0.2) is 47.3 Å². The molecule has 88 valence electrons. The molecule has 0 aliphatic carbocycles. The quantitative estimate of drug-likeness (QED) is 0.878. The van der Waals surface area contributed by atoms with Crippen LogP contribution >= 0.6 is 0 Å². The van der Waals surface area contributed by atoms with Gasteiger partial charge in [-0.25, -0.2) is 0 Å². The Labute approximate surface area is 100 Å². The Morgan fingerprint density at radius 1 is 1.24 bits per heavy atom. The second-order valence-electron chi connectivity index (χ2n) is 4.24. The number of fused-ring (bicyclic) bond motifs is 1. The van der Waals surface area contributed by atoms with Crippen LogP contribution in [0.1, 0.15) is 23.6 Å². The fraction of sp³-hybridized carbons (Fsp3) is 0.286. The fourth-order valence-electron chi connectivity index (χ4n) is 2.19. The molecule has 3 rings (SSSR count). The third kappa shape index (κ3) is 2.19. The lowest BCUT2D eigenvalue weighted by Crippen LogP contribution is -2.26. The molecule has 1 aliphatic heterocycles. The second-order valence-corrected chi connectivity index (χ2v) is 4.24. The molecule has 2 heterocycles. The summed E-state index contributed by atoms with van der Waals surface area (Å²) >= 11 is 0. The Hall–Kier alpha value is -1.74. The molecule has 0 amide bonds. The largest absolute Gasteiger partial charge is 0.493 e. The van der Waals surface area contributed by atoms with Gasteiger partial charge in [-0.3, -0.25) is 0 Å². The minimum atomic E-state index is 0.370. The molecule has 3 heteroatoms. The lowest BCUT2D eigenvalue weighted by molar-refractivity contribution is 0.252. The van der Waals surface area contributed by atoms with Crippen molar-refractivity contribution in [1.29, 1.82) is 0 Å². The second kappa shape index (κ2) is 4.63. The summed E-state index contributed by atoms with van der Waals surface area (Å²) in [5.41, 5.74) is 2.43. The summed E-state index contributed by atoms with van der Waals surface area (Å²) in [6.45, 7) is 1.61. The first-order valence-corrected chi connectivity index (χ1v) is 5.89. The first-order valence-electron chi connectivity index (χ1n) is 5.89. The monoisotopic (exact) mass is 229 g/mol. The number of benzene rings is 1. The van der Waals surface area contributed by atoms with Crippen molar-refractivity contribution in [2.45, 2.75) is 19.0 Å². The van der Waals surface area contributed by atoms with Gasteiger partial charge in [-0.15, -0.1) is 0 Å². The number of nitrogens with one attached hydrogen (secondary N) is 1. The molecule has 0 saturated carbocycles. The predicted octanol–water partition coefficient (Wildman–Crippen LogP) is 2.89. The molecule has 1 unspecified atom stereocenters. The van der Waals surface area contributed by atoms with E-state index in [2.05, 4.69) is 17.4 Å². The molecule has 0 bridgehead atoms. The lowest BCUT2D eigenvalue weighted by atomic mass is 10.0. The van der Waals surface area contributed by atoms with Gasteiger partial charge in [-0.1, -0.05) is 18.2 Å². The zero-order valence-electron chi connectivity index (χ0n) is 9.56. The number of furan rings is 1. The summed E-state index contributed by atoms with van der Waals surface area (Å²) in [6, 6.07) is 10.6. The molecule has 1 aromatic heterocycles. The van der Waals surface area contributed by atoms with E-state index in [1.165, 1.54) is 11.1 Å². The van der Waals surface area contributed by atoms with Crippen molar-refractivity contribution in [3.63, 3.8) is 0 Å². The standard InChI is InChI=1S/C14H15NO2/c1-2-4-14-12(3-1)13(6-8-17-14)15-9-11-5-7-16-10-11/h1-5,7,10,13,15H,6,8-9H2. The Kier molecular flexibility index (Phi) is 2.84. The zero-order valence-corrected chi connectivity index (χ0v) is 9.56. The maximum Gasteiger partial charge on any atom is 0.124 e. The summed E-state index contributed by atoms with van der Waals surface area (Å²) in [4.78, 5) is 0. The molecule has 2 aromatic rings. The molecule has 1 atom stereocenters. The Morgan fingerprint density at radius 2 is 2.18 bits per heavy atom. The van der Waals surface area contributed by atoms with Crippen molar-refractivity contribution >= 4 is 0 Å². The van der Waals surface area contributed by atoms with E-state index in [1.54, 1.807) is 12.5 Å². The van der Waals surface area contributed by atoms with E-state index in [0.717, 1.165) is 25.3 Å². The molecule has 0 radical (unpaired) electrons. The molecule has 0 saturated heterocycles. The molecule has 0 fully saturated rings. The van der Waals surface area contributed by atoms with Gasteiger partial charge in [0.2, 0.25) is 0 Å². The Morgan fingerprint density at radius 3 is 3.06 bits per heavy atom. The first kappa shape index (κ1) is 10.4. The number of para-hydroxylation sites is 1. The molecular weight excluding hydrogens is 214 g/mol. The van der Waals surface area contributed by atoms with E-state index in [0.29, 0.717) is 6.04 Å². The normalized spacial score (nSPS) is 18.5. The zero-order chi connectivity index (χ0) is 11.5. The van der Waals surface area contributed by atoms with Gasteiger partial charge in [-0.05, 0) is 12.1 Å². The van der Waals surface area contributed by atoms with Gasteiger partial charge in [0.25, 0.3) is 0 Å². The van der Waals surface area contributed by atoms with Gasteiger partial charge in [0.1, 0.15) is 5.75 Å². The van der Waals surface area contributed by atoms with Gasteiger partial charge >= 0.3 is 0 Å². The van der Waals surface area contributed by atoms with Gasteiger partial charge in [-0.2, -0.15) is 0 Å². The highest BCUT2D eigenvalue weighted by atomic mass is 16.5. The third-order valence-electron chi connectivity index (χ3n) is 3.09. The van der Waals surface area contributed by atoms with Crippen molar-refractivity contribution < 1.29 is 9.15 Å². The van der Waals surface area contributed by atoms with E-state index in [4.69, 9.17) is 9.15 Å². The van der Waals surface area contributed by atoms with Crippen LogP contribution in [0.4, 0.5) is 0 Å². The van der Waals surface area contributed by atoms with Crippen LogP contribution in [0, 0.1) is 0 Å². The molecule has 0 spiro atoms. The highest BCUT2D eigenvalue weighted by Gasteiger charge is 2.20. The minimum absolute atomic E-state index is 0.370. The first-order chi connectivity index (χ1) is 8.43. The van der Waals surface area contributed by atoms with E-state index in [1.807, 2.05) is 18.2 Å². The molecule has 3 nitrogen and oxygen atoms in total. The number of hydrogen-bond donors (Lipinski definition) is 1. The van der Waals surface area contributed by atoms with Crippen LogP contribution in [0.25, 0.3) is 0 Å². The lowest BCUT2D eigenvalue weighted by Gasteiger charge is -2.26. The Bertz CT molecular complexity index is 479. The highest BCUT2D eigenvalue weighted by molar-refractivity contribution is 5.37. The van der Waals surface area contributed by atoms with Gasteiger partial charge < -0.3 is 14.5 Å². The van der Waals surface area contributed by atoms with E-state index < -0.39 is 0 Å². The summed E-state index contributed by atoms with van der Waals surface area (Å²) in [6.07, 6.45) is 4.49. The fourth-order valence-corrected chi connectivity index (χ4v) is 2.19. The topological polar surface area (TPSA) is 34.4 Å². The van der Waals surface area contributed by atoms with Crippen LogP contribution in [-0.2, 0) is 6.54 Å². The highest BCUT2D eigenvalue weighted by Crippen LogP contribution is 2.31. The number of ether oxygens (including phenoxy) is 1. The van der Waals surface area contributed by atoms with E-state index in [-0.39, 0.29) is 0 Å². The van der Waals surface area contributed by atoms with Crippen LogP contribution in [-0.4, -0.2) is 6.61 Å². The molecule has 1 aliphatic rings. The van der Waals surface area contributed by atoms with E-state index >= 15 is 0 Å². The molecule has 1 aromatic carbocycles.